The van der Waals surface area contributed by atoms with Crippen molar-refractivity contribution >= 4 is 17.7 Å². The van der Waals surface area contributed by atoms with Gasteiger partial charge in [0.15, 0.2) is 11.6 Å². The van der Waals surface area contributed by atoms with Crippen molar-refractivity contribution in [2.24, 2.45) is 0 Å². The number of benzene rings is 1. The van der Waals surface area contributed by atoms with Crippen molar-refractivity contribution < 1.29 is 23.4 Å². The third kappa shape index (κ3) is 6.88. The molecule has 1 aromatic rings. The molecular formula is C14H19F2NO3S. The number of ether oxygens (including phenoxy) is 1. The molecule has 1 rings (SSSR count). The number of amides is 1. The van der Waals surface area contributed by atoms with Crippen LogP contribution in [0.25, 0.3) is 0 Å². The van der Waals surface area contributed by atoms with E-state index in [1.165, 1.54) is 13.2 Å². The standard InChI is InChI=1S/C14H19F2NO3S/c1-14(19,5-6-20-2)9-17-13(18)8-21-10-3-4-11(15)12(16)7-10/h3-4,7,19H,5-6,8-9H2,1-2H3,(H,17,18). The lowest BCUT2D eigenvalue weighted by molar-refractivity contribution is -0.119. The Hall–Kier alpha value is -1.18. The van der Waals surface area contributed by atoms with E-state index in [0.29, 0.717) is 17.9 Å². The van der Waals surface area contributed by atoms with Crippen LogP contribution >= 0.6 is 11.8 Å². The van der Waals surface area contributed by atoms with Gasteiger partial charge in [0.05, 0.1) is 11.4 Å². The number of nitrogens with one attached hydrogen (secondary N) is 1. The van der Waals surface area contributed by atoms with Gasteiger partial charge in [0.1, 0.15) is 0 Å². The predicted molar refractivity (Wildman–Crippen MR) is 77.2 cm³/mol. The molecule has 4 nitrogen and oxygen atoms in total. The van der Waals surface area contributed by atoms with E-state index in [9.17, 15) is 18.7 Å². The van der Waals surface area contributed by atoms with E-state index in [4.69, 9.17) is 4.74 Å². The van der Waals surface area contributed by atoms with Crippen molar-refractivity contribution in [1.82, 2.24) is 5.32 Å². The summed E-state index contributed by atoms with van der Waals surface area (Å²) < 4.78 is 30.6. The van der Waals surface area contributed by atoms with Crippen molar-refractivity contribution in [3.63, 3.8) is 0 Å². The fraction of sp³-hybridized carbons (Fsp3) is 0.500. The molecule has 0 spiro atoms. The molecule has 0 aliphatic carbocycles. The zero-order valence-corrected chi connectivity index (χ0v) is 12.8. The highest BCUT2D eigenvalue weighted by Gasteiger charge is 2.20. The van der Waals surface area contributed by atoms with Crippen molar-refractivity contribution in [2.75, 3.05) is 26.0 Å². The van der Waals surface area contributed by atoms with E-state index in [1.807, 2.05) is 0 Å². The second kappa shape index (κ2) is 8.31. The molecule has 0 saturated carbocycles. The highest BCUT2D eigenvalue weighted by Crippen LogP contribution is 2.20. The van der Waals surface area contributed by atoms with E-state index < -0.39 is 17.2 Å². The molecule has 0 saturated heterocycles. The van der Waals surface area contributed by atoms with Crippen LogP contribution in [0.2, 0.25) is 0 Å². The molecule has 1 aromatic carbocycles. The predicted octanol–water partition coefficient (Wildman–Crippen LogP) is 1.96. The second-order valence-corrected chi connectivity index (χ2v) is 5.93. The zero-order chi connectivity index (χ0) is 15.9. The summed E-state index contributed by atoms with van der Waals surface area (Å²) in [7, 11) is 1.53. The lowest BCUT2D eigenvalue weighted by Gasteiger charge is -2.23. The average Bonchev–Trinajstić information content (AvgIpc) is 2.44. The summed E-state index contributed by atoms with van der Waals surface area (Å²) in [5.41, 5.74) is -1.04. The quantitative estimate of drug-likeness (QED) is 0.719. The molecule has 2 N–H and O–H groups in total. The summed E-state index contributed by atoms with van der Waals surface area (Å²) in [5, 5.41) is 12.5. The summed E-state index contributed by atoms with van der Waals surface area (Å²) in [6.45, 7) is 2.11. The number of aliphatic hydroxyl groups is 1. The Labute approximate surface area is 126 Å². The Bertz CT molecular complexity index is 483. The third-order valence-corrected chi connectivity index (χ3v) is 3.77. The van der Waals surface area contributed by atoms with Crippen molar-refractivity contribution in [1.29, 1.82) is 0 Å². The number of methoxy groups -OCH3 is 1. The van der Waals surface area contributed by atoms with Gasteiger partial charge in [0.2, 0.25) is 5.91 Å². The van der Waals surface area contributed by atoms with Crippen molar-refractivity contribution in [3.8, 4) is 0 Å². The fourth-order valence-corrected chi connectivity index (χ4v) is 2.22. The molecule has 118 valence electrons. The molecule has 1 amide bonds. The Morgan fingerprint density at radius 2 is 2.14 bits per heavy atom. The van der Waals surface area contributed by atoms with Crippen LogP contribution in [0.5, 0.6) is 0 Å². The van der Waals surface area contributed by atoms with Crippen LogP contribution in [0, 0.1) is 11.6 Å². The van der Waals surface area contributed by atoms with Gasteiger partial charge in [-0.05, 0) is 25.1 Å². The first kappa shape index (κ1) is 17.9. The monoisotopic (exact) mass is 319 g/mol. The molecule has 0 heterocycles. The van der Waals surface area contributed by atoms with E-state index in [0.717, 1.165) is 23.9 Å². The maximum absolute atomic E-state index is 13.0. The fourth-order valence-electron chi connectivity index (χ4n) is 1.47. The van der Waals surface area contributed by atoms with Gasteiger partial charge < -0.3 is 15.2 Å². The van der Waals surface area contributed by atoms with Gasteiger partial charge in [-0.1, -0.05) is 0 Å². The van der Waals surface area contributed by atoms with Crippen LogP contribution in [0.1, 0.15) is 13.3 Å². The molecule has 0 aliphatic heterocycles. The Morgan fingerprint density at radius 1 is 1.43 bits per heavy atom. The number of thioether (sulfide) groups is 1. The normalized spacial score (nSPS) is 13.8. The number of carbonyl (C=O) groups excluding carboxylic acids is 1. The van der Waals surface area contributed by atoms with Gasteiger partial charge in [-0.25, -0.2) is 8.78 Å². The molecule has 0 bridgehead atoms. The molecule has 21 heavy (non-hydrogen) atoms. The van der Waals surface area contributed by atoms with E-state index in [1.54, 1.807) is 6.92 Å². The number of hydrogen-bond donors (Lipinski definition) is 2. The summed E-state index contributed by atoms with van der Waals surface area (Å²) in [6.07, 6.45) is 0.403. The minimum Gasteiger partial charge on any atom is -0.388 e. The van der Waals surface area contributed by atoms with E-state index >= 15 is 0 Å². The SMILES string of the molecule is COCCC(C)(O)CNC(=O)CSc1ccc(F)c(F)c1. The van der Waals surface area contributed by atoms with E-state index in [2.05, 4.69) is 5.32 Å². The van der Waals surface area contributed by atoms with Gasteiger partial charge in [-0.2, -0.15) is 0 Å². The molecule has 7 heteroatoms. The van der Waals surface area contributed by atoms with Gasteiger partial charge in [0.25, 0.3) is 0 Å². The number of halogens is 2. The van der Waals surface area contributed by atoms with Gasteiger partial charge in [0, 0.05) is 31.6 Å². The van der Waals surface area contributed by atoms with Crippen molar-refractivity contribution in [2.45, 2.75) is 23.8 Å². The topological polar surface area (TPSA) is 58.6 Å². The molecule has 0 aliphatic rings. The minimum atomic E-state index is -1.04. The van der Waals surface area contributed by atoms with Crippen LogP contribution in [0.15, 0.2) is 23.1 Å². The molecule has 0 radical (unpaired) electrons. The summed E-state index contributed by atoms with van der Waals surface area (Å²) in [4.78, 5) is 12.1. The first-order valence-electron chi connectivity index (χ1n) is 6.40. The molecule has 1 atom stereocenters. The van der Waals surface area contributed by atoms with Gasteiger partial charge in [-0.15, -0.1) is 11.8 Å². The highest BCUT2D eigenvalue weighted by atomic mass is 32.2. The summed E-state index contributed by atoms with van der Waals surface area (Å²) in [5.74, 6) is -2.09. The Kier molecular flexibility index (Phi) is 7.07. The van der Waals surface area contributed by atoms with Crippen LogP contribution in [0.4, 0.5) is 8.78 Å². The van der Waals surface area contributed by atoms with Gasteiger partial charge >= 0.3 is 0 Å². The second-order valence-electron chi connectivity index (χ2n) is 4.88. The maximum atomic E-state index is 13.0. The van der Waals surface area contributed by atoms with Crippen LogP contribution in [-0.2, 0) is 9.53 Å². The first-order valence-corrected chi connectivity index (χ1v) is 7.38. The zero-order valence-electron chi connectivity index (χ0n) is 12.0. The molecular weight excluding hydrogens is 300 g/mol. The van der Waals surface area contributed by atoms with Crippen LogP contribution < -0.4 is 5.32 Å². The van der Waals surface area contributed by atoms with Crippen molar-refractivity contribution in [3.05, 3.63) is 29.8 Å². The molecule has 1 unspecified atom stereocenters. The molecule has 0 fully saturated rings. The highest BCUT2D eigenvalue weighted by molar-refractivity contribution is 8.00. The maximum Gasteiger partial charge on any atom is 0.230 e. The average molecular weight is 319 g/mol. The summed E-state index contributed by atoms with van der Waals surface area (Å²) >= 11 is 1.09. The van der Waals surface area contributed by atoms with Crippen LogP contribution in [0.3, 0.4) is 0 Å². The lowest BCUT2D eigenvalue weighted by Crippen LogP contribution is -2.41. The summed E-state index contributed by atoms with van der Waals surface area (Å²) in [6, 6.07) is 3.47. The number of rotatable bonds is 8. The van der Waals surface area contributed by atoms with Gasteiger partial charge in [-0.3, -0.25) is 4.79 Å². The van der Waals surface area contributed by atoms with Crippen LogP contribution in [-0.4, -0.2) is 42.6 Å². The van der Waals surface area contributed by atoms with E-state index in [-0.39, 0.29) is 18.2 Å². The minimum absolute atomic E-state index is 0.0609. The number of hydrogen-bond acceptors (Lipinski definition) is 4. The Balaban J connectivity index is 2.35. The smallest absolute Gasteiger partial charge is 0.230 e. The largest absolute Gasteiger partial charge is 0.388 e. The first-order chi connectivity index (χ1) is 9.84. The molecule has 0 aromatic heterocycles. The number of carbonyl (C=O) groups is 1. The Morgan fingerprint density at radius 3 is 2.76 bits per heavy atom. The lowest BCUT2D eigenvalue weighted by atomic mass is 10.0. The third-order valence-electron chi connectivity index (χ3n) is 2.77.